The van der Waals surface area contributed by atoms with Crippen LogP contribution in [-0.4, -0.2) is 24.2 Å². The number of Topliss-reactive ketones (excluding diaryl/α,β-unsaturated/α-hetero) is 1. The molecular weight excluding hydrogens is 352 g/mol. The lowest BCUT2D eigenvalue weighted by atomic mass is 10.00. The zero-order valence-electron chi connectivity index (χ0n) is 9.33. The Hall–Kier alpha value is -0.680. The molecule has 0 unspecified atom stereocenters. The lowest BCUT2D eigenvalue weighted by Crippen LogP contribution is -2.11. The topological polar surface area (TPSA) is 43.4 Å². The van der Waals surface area contributed by atoms with Crippen molar-refractivity contribution in [1.29, 1.82) is 0 Å². The number of carbonyl (C=O) groups is 2. The molecule has 0 N–H and O–H groups in total. The standard InChI is InChI=1S/C12H12Br2O3/c1-17-12(16)10-6-8(7-14)2-3-9(10)11(15)4-5-13/h2-3,6H,4-5,7H2,1H3. The zero-order valence-corrected chi connectivity index (χ0v) is 12.5. The van der Waals surface area contributed by atoms with E-state index in [1.54, 1.807) is 12.1 Å². The summed E-state index contributed by atoms with van der Waals surface area (Å²) in [7, 11) is 1.31. The van der Waals surface area contributed by atoms with Gasteiger partial charge < -0.3 is 4.74 Å². The third-order valence-electron chi connectivity index (χ3n) is 2.27. The monoisotopic (exact) mass is 362 g/mol. The van der Waals surface area contributed by atoms with Gasteiger partial charge in [0.1, 0.15) is 0 Å². The Morgan fingerprint density at radius 2 is 1.94 bits per heavy atom. The van der Waals surface area contributed by atoms with Gasteiger partial charge in [-0.1, -0.05) is 44.0 Å². The van der Waals surface area contributed by atoms with Crippen molar-refractivity contribution in [2.45, 2.75) is 11.8 Å². The molecule has 3 nitrogen and oxygen atoms in total. The van der Waals surface area contributed by atoms with Crippen molar-refractivity contribution >= 4 is 43.6 Å². The van der Waals surface area contributed by atoms with E-state index in [2.05, 4.69) is 36.6 Å². The smallest absolute Gasteiger partial charge is 0.338 e. The number of ether oxygens (including phenoxy) is 1. The highest BCUT2D eigenvalue weighted by atomic mass is 79.9. The maximum Gasteiger partial charge on any atom is 0.338 e. The maximum absolute atomic E-state index is 11.8. The SMILES string of the molecule is COC(=O)c1cc(CBr)ccc1C(=O)CCBr. The van der Waals surface area contributed by atoms with Gasteiger partial charge in [0.15, 0.2) is 5.78 Å². The summed E-state index contributed by atoms with van der Waals surface area (Å²) in [5.74, 6) is -0.547. The Bertz CT molecular complexity index is 430. The molecule has 0 spiro atoms. The van der Waals surface area contributed by atoms with Crippen LogP contribution in [-0.2, 0) is 10.1 Å². The number of carbonyl (C=O) groups excluding carboxylic acids is 2. The molecule has 5 heteroatoms. The Labute approximate surface area is 117 Å². The van der Waals surface area contributed by atoms with Gasteiger partial charge in [-0.15, -0.1) is 0 Å². The van der Waals surface area contributed by atoms with E-state index < -0.39 is 5.97 Å². The summed E-state index contributed by atoms with van der Waals surface area (Å²) in [6.07, 6.45) is 0.359. The summed E-state index contributed by atoms with van der Waals surface area (Å²) >= 11 is 6.52. The first-order chi connectivity index (χ1) is 8.13. The molecule has 0 atom stereocenters. The summed E-state index contributed by atoms with van der Waals surface area (Å²) < 4.78 is 4.69. The van der Waals surface area contributed by atoms with E-state index in [9.17, 15) is 9.59 Å². The predicted molar refractivity (Wildman–Crippen MR) is 73.2 cm³/mol. The summed E-state index contributed by atoms with van der Waals surface area (Å²) in [4.78, 5) is 23.4. The van der Waals surface area contributed by atoms with Crippen molar-refractivity contribution in [1.82, 2.24) is 0 Å². The second kappa shape index (κ2) is 6.91. The van der Waals surface area contributed by atoms with Crippen molar-refractivity contribution in [2.75, 3.05) is 12.4 Å². The molecule has 0 aliphatic rings. The third kappa shape index (κ3) is 3.64. The molecule has 0 amide bonds. The first-order valence-electron chi connectivity index (χ1n) is 5.00. The normalized spacial score (nSPS) is 10.1. The summed E-state index contributed by atoms with van der Waals surface area (Å²) in [5.41, 5.74) is 1.68. The Kier molecular flexibility index (Phi) is 5.85. The lowest BCUT2D eigenvalue weighted by molar-refractivity contribution is 0.0597. The zero-order chi connectivity index (χ0) is 12.8. The van der Waals surface area contributed by atoms with E-state index in [1.165, 1.54) is 7.11 Å². The molecule has 1 aromatic carbocycles. The van der Waals surface area contributed by atoms with Crippen LogP contribution in [0.5, 0.6) is 0 Å². The van der Waals surface area contributed by atoms with Gasteiger partial charge in [0.25, 0.3) is 0 Å². The molecule has 17 heavy (non-hydrogen) atoms. The van der Waals surface area contributed by atoms with Crippen LogP contribution in [0.4, 0.5) is 0 Å². The minimum absolute atomic E-state index is 0.0663. The van der Waals surface area contributed by atoms with Crippen LogP contribution in [0.25, 0.3) is 0 Å². The Morgan fingerprint density at radius 3 is 2.47 bits per heavy atom. The van der Waals surface area contributed by atoms with Crippen LogP contribution in [0, 0.1) is 0 Å². The van der Waals surface area contributed by atoms with Gasteiger partial charge in [0, 0.05) is 22.6 Å². The van der Waals surface area contributed by atoms with Crippen LogP contribution < -0.4 is 0 Å². The molecule has 1 aromatic rings. The van der Waals surface area contributed by atoms with Crippen LogP contribution >= 0.6 is 31.9 Å². The highest BCUT2D eigenvalue weighted by molar-refractivity contribution is 9.09. The first-order valence-corrected chi connectivity index (χ1v) is 7.24. The molecule has 0 bridgehead atoms. The Balaban J connectivity index is 3.19. The third-order valence-corrected chi connectivity index (χ3v) is 3.31. The minimum atomic E-state index is -0.481. The van der Waals surface area contributed by atoms with Crippen molar-refractivity contribution in [3.05, 3.63) is 34.9 Å². The molecule has 0 saturated carbocycles. The number of rotatable bonds is 5. The van der Waals surface area contributed by atoms with Gasteiger partial charge >= 0.3 is 5.97 Å². The fraction of sp³-hybridized carbons (Fsp3) is 0.333. The summed E-state index contributed by atoms with van der Waals surface area (Å²) in [6.45, 7) is 0. The second-order valence-electron chi connectivity index (χ2n) is 3.37. The molecule has 1 rings (SSSR count). The van der Waals surface area contributed by atoms with Gasteiger partial charge in [-0.2, -0.15) is 0 Å². The average Bonchev–Trinajstić information content (AvgIpc) is 2.37. The molecule has 0 aliphatic heterocycles. The van der Waals surface area contributed by atoms with Gasteiger partial charge in [-0.3, -0.25) is 4.79 Å². The van der Waals surface area contributed by atoms with Gasteiger partial charge in [0.05, 0.1) is 12.7 Å². The van der Waals surface area contributed by atoms with Gasteiger partial charge in [-0.25, -0.2) is 4.79 Å². The largest absolute Gasteiger partial charge is 0.465 e. The van der Waals surface area contributed by atoms with E-state index in [-0.39, 0.29) is 5.78 Å². The van der Waals surface area contributed by atoms with E-state index in [4.69, 9.17) is 0 Å². The van der Waals surface area contributed by atoms with Crippen LogP contribution in [0.15, 0.2) is 18.2 Å². The van der Waals surface area contributed by atoms with E-state index >= 15 is 0 Å². The van der Waals surface area contributed by atoms with Crippen molar-refractivity contribution in [2.24, 2.45) is 0 Å². The van der Waals surface area contributed by atoms with Crippen molar-refractivity contribution in [3.63, 3.8) is 0 Å². The summed E-state index contributed by atoms with van der Waals surface area (Å²) in [6, 6.07) is 5.18. The molecule has 0 heterocycles. The van der Waals surface area contributed by atoms with Crippen molar-refractivity contribution in [3.8, 4) is 0 Å². The molecule has 0 fully saturated rings. The predicted octanol–water partition coefficient (Wildman–Crippen LogP) is 3.34. The second-order valence-corrected chi connectivity index (χ2v) is 4.72. The fourth-order valence-electron chi connectivity index (χ4n) is 1.42. The minimum Gasteiger partial charge on any atom is -0.465 e. The fourth-order valence-corrected chi connectivity index (χ4v) is 2.13. The highest BCUT2D eigenvalue weighted by Crippen LogP contribution is 2.17. The van der Waals surface area contributed by atoms with E-state index in [0.717, 1.165) is 5.56 Å². The maximum atomic E-state index is 11.8. The number of alkyl halides is 2. The molecular formula is C12H12Br2O3. The average molecular weight is 364 g/mol. The van der Waals surface area contributed by atoms with E-state index in [0.29, 0.717) is 28.2 Å². The van der Waals surface area contributed by atoms with Crippen LogP contribution in [0.3, 0.4) is 0 Å². The summed E-state index contributed by atoms with van der Waals surface area (Å²) in [5, 5.41) is 1.20. The Morgan fingerprint density at radius 1 is 1.24 bits per heavy atom. The molecule has 0 aromatic heterocycles. The molecule has 92 valence electrons. The highest BCUT2D eigenvalue weighted by Gasteiger charge is 2.17. The molecule has 0 saturated heterocycles. The lowest BCUT2D eigenvalue weighted by Gasteiger charge is -2.08. The molecule has 0 aliphatic carbocycles. The number of benzene rings is 1. The number of hydrogen-bond acceptors (Lipinski definition) is 3. The number of esters is 1. The first kappa shape index (κ1) is 14.4. The number of hydrogen-bond donors (Lipinski definition) is 0. The quantitative estimate of drug-likeness (QED) is 0.457. The van der Waals surface area contributed by atoms with Crippen molar-refractivity contribution < 1.29 is 14.3 Å². The van der Waals surface area contributed by atoms with Gasteiger partial charge in [0.2, 0.25) is 0 Å². The van der Waals surface area contributed by atoms with Crippen LogP contribution in [0.1, 0.15) is 32.7 Å². The number of halogens is 2. The van der Waals surface area contributed by atoms with Gasteiger partial charge in [-0.05, 0) is 11.6 Å². The van der Waals surface area contributed by atoms with Crippen LogP contribution in [0.2, 0.25) is 0 Å². The number of methoxy groups -OCH3 is 1. The number of ketones is 1. The molecule has 0 radical (unpaired) electrons. The van der Waals surface area contributed by atoms with E-state index in [1.807, 2.05) is 6.07 Å².